The van der Waals surface area contributed by atoms with Crippen molar-refractivity contribution in [2.45, 2.75) is 173 Å². The number of phosphoric ester groups is 1. The summed E-state index contributed by atoms with van der Waals surface area (Å²) in [6.45, 7) is 3.59. The van der Waals surface area contributed by atoms with Crippen LogP contribution in [0.15, 0.2) is 12.2 Å². The van der Waals surface area contributed by atoms with E-state index in [1.165, 1.54) is 64.2 Å². The van der Waals surface area contributed by atoms with Crippen LogP contribution in [0.2, 0.25) is 0 Å². The number of carbonyl (C=O) groups excluding carboxylic acids is 2. The van der Waals surface area contributed by atoms with Gasteiger partial charge < -0.3 is 24.0 Å². The van der Waals surface area contributed by atoms with Crippen LogP contribution < -0.4 is 0 Å². The van der Waals surface area contributed by atoms with Crippen LogP contribution in [0.4, 0.5) is 0 Å². The Bertz CT molecular complexity index is 782. The zero-order valence-corrected chi connectivity index (χ0v) is 28.0. The average molecular weight is 633 g/mol. The van der Waals surface area contributed by atoms with Gasteiger partial charge in [0.1, 0.15) is 6.61 Å². The van der Waals surface area contributed by atoms with Gasteiger partial charge in [-0.3, -0.25) is 14.1 Å². The van der Waals surface area contributed by atoms with Gasteiger partial charge in [-0.2, -0.15) is 0 Å². The van der Waals surface area contributed by atoms with Gasteiger partial charge in [-0.1, -0.05) is 116 Å². The van der Waals surface area contributed by atoms with E-state index >= 15 is 0 Å². The normalized spacial score (nSPS) is 17.3. The molecule has 0 amide bonds. The summed E-state index contributed by atoms with van der Waals surface area (Å²) in [4.78, 5) is 42.5. The molecule has 0 aromatic carbocycles. The molecule has 0 saturated carbocycles. The third-order valence-corrected chi connectivity index (χ3v) is 8.19. The number of unbranched alkanes of at least 4 members (excludes halogenated alkanes) is 15. The Hall–Kier alpha value is -1.25. The summed E-state index contributed by atoms with van der Waals surface area (Å²) >= 11 is 0. The van der Waals surface area contributed by atoms with Gasteiger partial charge in [-0.25, -0.2) is 4.57 Å². The van der Waals surface area contributed by atoms with E-state index in [4.69, 9.17) is 24.0 Å². The maximum Gasteiger partial charge on any atom is 0.469 e. The van der Waals surface area contributed by atoms with Gasteiger partial charge in [0.2, 0.25) is 0 Å². The SMILES string of the molecule is CCCCCCCCCCCC(=O)OC[C@H](COP(=O)(O)O)OC(=O)CCCCCCC/C=C\CC1OC1CCCCC. The third kappa shape index (κ3) is 25.7. The van der Waals surface area contributed by atoms with Crippen molar-refractivity contribution in [3.63, 3.8) is 0 Å². The van der Waals surface area contributed by atoms with Crippen molar-refractivity contribution in [3.05, 3.63) is 12.2 Å². The molecule has 2 unspecified atom stereocenters. The van der Waals surface area contributed by atoms with Gasteiger partial charge in [-0.05, 0) is 38.5 Å². The topological polar surface area (TPSA) is 132 Å². The lowest BCUT2D eigenvalue weighted by Gasteiger charge is -2.18. The summed E-state index contributed by atoms with van der Waals surface area (Å²) in [6, 6.07) is 0. The molecule has 9 nitrogen and oxygen atoms in total. The molecule has 43 heavy (non-hydrogen) atoms. The van der Waals surface area contributed by atoms with Gasteiger partial charge >= 0.3 is 19.8 Å². The number of epoxide rings is 1. The number of carbonyl (C=O) groups is 2. The fourth-order valence-corrected chi connectivity index (χ4v) is 5.39. The molecule has 0 bridgehead atoms. The summed E-state index contributed by atoms with van der Waals surface area (Å²) in [5.74, 6) is -0.907. The van der Waals surface area contributed by atoms with Gasteiger partial charge in [0.25, 0.3) is 0 Å². The molecule has 0 spiro atoms. The minimum atomic E-state index is -4.75. The van der Waals surface area contributed by atoms with E-state index in [2.05, 4.69) is 30.5 Å². The molecule has 1 heterocycles. The van der Waals surface area contributed by atoms with E-state index in [1.807, 2.05) is 0 Å². The van der Waals surface area contributed by atoms with Crippen LogP contribution in [-0.4, -0.2) is 53.3 Å². The molecule has 10 heteroatoms. The first-order valence-electron chi connectivity index (χ1n) is 17.1. The largest absolute Gasteiger partial charge is 0.469 e. The first kappa shape index (κ1) is 39.8. The molecule has 1 fully saturated rings. The highest BCUT2D eigenvalue weighted by atomic mass is 31.2. The van der Waals surface area contributed by atoms with Gasteiger partial charge in [-0.15, -0.1) is 0 Å². The second-order valence-electron chi connectivity index (χ2n) is 11.9. The molecule has 1 aliphatic rings. The lowest BCUT2D eigenvalue weighted by molar-refractivity contribution is -0.161. The summed E-state index contributed by atoms with van der Waals surface area (Å²) in [5, 5.41) is 0. The number of phosphoric acid groups is 1. The number of ether oxygens (including phenoxy) is 3. The Kier molecular flexibility index (Phi) is 24.1. The maximum absolute atomic E-state index is 12.3. The minimum Gasteiger partial charge on any atom is -0.462 e. The van der Waals surface area contributed by atoms with Crippen LogP contribution in [-0.2, 0) is 32.9 Å². The van der Waals surface area contributed by atoms with Gasteiger partial charge in [0.15, 0.2) is 6.10 Å². The molecule has 0 radical (unpaired) electrons. The molecule has 1 aliphatic heterocycles. The monoisotopic (exact) mass is 632 g/mol. The van der Waals surface area contributed by atoms with Gasteiger partial charge in [0.05, 0.1) is 18.8 Å². The van der Waals surface area contributed by atoms with Crippen molar-refractivity contribution < 1.29 is 42.7 Å². The van der Waals surface area contributed by atoms with E-state index in [1.54, 1.807) is 0 Å². The molecule has 1 saturated heterocycles. The third-order valence-electron chi connectivity index (χ3n) is 7.71. The van der Waals surface area contributed by atoms with Crippen molar-refractivity contribution in [3.8, 4) is 0 Å². The molecule has 3 atom stereocenters. The summed E-state index contributed by atoms with van der Waals surface area (Å²) < 4.78 is 31.9. The second kappa shape index (κ2) is 26.0. The van der Waals surface area contributed by atoms with Crippen molar-refractivity contribution in [1.29, 1.82) is 0 Å². The fraction of sp³-hybridized carbons (Fsp3) is 0.879. The molecule has 2 N–H and O–H groups in total. The standard InChI is InChI=1S/C33H61O9P/c1-3-5-7-8-9-10-14-17-21-25-32(34)39-27-29(28-40-43(36,37)38)41-33(35)26-22-18-15-12-11-13-16-20-24-31-30(42-31)23-19-6-4-2/h16,20,29-31H,3-15,17-19,21-28H2,1-2H3,(H2,36,37,38)/b20-16-/t29-,30?,31?/m1/s1. The number of hydrogen-bond donors (Lipinski definition) is 2. The highest BCUT2D eigenvalue weighted by Gasteiger charge is 2.36. The number of esters is 2. The van der Waals surface area contributed by atoms with Crippen molar-refractivity contribution in [1.82, 2.24) is 0 Å². The van der Waals surface area contributed by atoms with Crippen molar-refractivity contribution in [2.75, 3.05) is 13.2 Å². The second-order valence-corrected chi connectivity index (χ2v) is 13.1. The van der Waals surface area contributed by atoms with Crippen molar-refractivity contribution >= 4 is 19.8 Å². The molecule has 0 aliphatic carbocycles. The maximum atomic E-state index is 12.3. The molecule has 252 valence electrons. The van der Waals surface area contributed by atoms with E-state index in [0.717, 1.165) is 57.8 Å². The lowest BCUT2D eigenvalue weighted by atomic mass is 10.1. The summed E-state index contributed by atoms with van der Waals surface area (Å²) in [6.07, 6.45) is 26.8. The summed E-state index contributed by atoms with van der Waals surface area (Å²) in [5.41, 5.74) is 0. The Morgan fingerprint density at radius 2 is 1.28 bits per heavy atom. The predicted octanol–water partition coefficient (Wildman–Crippen LogP) is 8.50. The zero-order chi connectivity index (χ0) is 31.6. The van der Waals surface area contributed by atoms with E-state index in [9.17, 15) is 14.2 Å². The number of hydrogen-bond acceptors (Lipinski definition) is 7. The highest BCUT2D eigenvalue weighted by molar-refractivity contribution is 7.46. The molecular formula is C33H61O9P. The van der Waals surface area contributed by atoms with E-state index in [-0.39, 0.29) is 19.4 Å². The highest BCUT2D eigenvalue weighted by Crippen LogP contribution is 2.36. The van der Waals surface area contributed by atoms with Crippen LogP contribution in [0.1, 0.15) is 155 Å². The predicted molar refractivity (Wildman–Crippen MR) is 170 cm³/mol. The van der Waals surface area contributed by atoms with Crippen molar-refractivity contribution in [2.24, 2.45) is 0 Å². The first-order valence-corrected chi connectivity index (χ1v) is 18.6. The first-order chi connectivity index (χ1) is 20.7. The average Bonchev–Trinajstić information content (AvgIpc) is 3.72. The van der Waals surface area contributed by atoms with Crippen LogP contribution >= 0.6 is 7.82 Å². The van der Waals surface area contributed by atoms with E-state index in [0.29, 0.717) is 18.6 Å². The van der Waals surface area contributed by atoms with Gasteiger partial charge in [0, 0.05) is 12.8 Å². The van der Waals surface area contributed by atoms with Crippen LogP contribution in [0.3, 0.4) is 0 Å². The van der Waals surface area contributed by atoms with Crippen LogP contribution in [0.5, 0.6) is 0 Å². The summed E-state index contributed by atoms with van der Waals surface area (Å²) in [7, 11) is -4.75. The Labute approximate surface area is 261 Å². The Morgan fingerprint density at radius 3 is 1.91 bits per heavy atom. The molecular weight excluding hydrogens is 571 g/mol. The lowest BCUT2D eigenvalue weighted by Crippen LogP contribution is -2.29. The molecule has 0 aromatic heterocycles. The van der Waals surface area contributed by atoms with E-state index < -0.39 is 32.5 Å². The minimum absolute atomic E-state index is 0.194. The Morgan fingerprint density at radius 1 is 0.721 bits per heavy atom. The smallest absolute Gasteiger partial charge is 0.462 e. The quantitative estimate of drug-likeness (QED) is 0.0263. The molecule has 1 rings (SSSR count). The van der Waals surface area contributed by atoms with Crippen LogP contribution in [0.25, 0.3) is 0 Å². The molecule has 0 aromatic rings. The number of allylic oxidation sites excluding steroid dienone is 1. The number of rotatable bonds is 30. The zero-order valence-electron chi connectivity index (χ0n) is 27.1. The van der Waals surface area contributed by atoms with Crippen LogP contribution in [0, 0.1) is 0 Å². The Balaban J connectivity index is 2.11. The fourth-order valence-electron chi connectivity index (χ4n) is 5.03.